The van der Waals surface area contributed by atoms with E-state index in [2.05, 4.69) is 51.2 Å². The summed E-state index contributed by atoms with van der Waals surface area (Å²) < 4.78 is 0. The first kappa shape index (κ1) is 16.3. The van der Waals surface area contributed by atoms with Gasteiger partial charge in [-0.3, -0.25) is 4.79 Å². The van der Waals surface area contributed by atoms with E-state index >= 15 is 0 Å². The van der Waals surface area contributed by atoms with Gasteiger partial charge in [-0.25, -0.2) is 0 Å². The van der Waals surface area contributed by atoms with Crippen molar-refractivity contribution in [1.29, 1.82) is 0 Å². The predicted molar refractivity (Wildman–Crippen MR) is 92.0 cm³/mol. The van der Waals surface area contributed by atoms with Crippen LogP contribution in [0.5, 0.6) is 0 Å². The molecule has 1 N–H and O–H groups in total. The number of amides is 1. The van der Waals surface area contributed by atoms with Crippen LogP contribution in [-0.4, -0.2) is 5.91 Å². The number of carbonyl (C=O) groups excluding carboxylic acids is 1. The molecular formula is C20H25NO. The Balaban J connectivity index is 2.04. The van der Waals surface area contributed by atoms with Gasteiger partial charge in [0.2, 0.25) is 5.91 Å². The van der Waals surface area contributed by atoms with Crippen molar-refractivity contribution in [3.8, 4) is 0 Å². The van der Waals surface area contributed by atoms with Gasteiger partial charge in [0, 0.05) is 0 Å². The van der Waals surface area contributed by atoms with Gasteiger partial charge in [-0.05, 0) is 49.4 Å². The van der Waals surface area contributed by atoms with Crippen LogP contribution in [0.15, 0.2) is 42.5 Å². The molecular weight excluding hydrogens is 270 g/mol. The number of hydrogen-bond donors (Lipinski definition) is 1. The molecule has 2 aromatic rings. The normalized spacial score (nSPS) is 12.0. The molecule has 0 radical (unpaired) electrons. The standard InChI is InChI=1S/C20H25NO/c1-5-19(18-11-8-15(3)16(4)12-18)21-20(22)13-17-9-6-14(2)7-10-17/h6-12,19H,5,13H2,1-4H3,(H,21,22)/t19-/m1/s1. The lowest BCUT2D eigenvalue weighted by molar-refractivity contribution is -0.121. The molecule has 2 heteroatoms. The van der Waals surface area contributed by atoms with Gasteiger partial charge in [0.25, 0.3) is 0 Å². The first-order valence-corrected chi connectivity index (χ1v) is 7.91. The van der Waals surface area contributed by atoms with Gasteiger partial charge in [0.05, 0.1) is 12.5 Å². The summed E-state index contributed by atoms with van der Waals surface area (Å²) in [5.41, 5.74) is 6.00. The van der Waals surface area contributed by atoms with Crippen LogP contribution in [0.2, 0.25) is 0 Å². The maximum Gasteiger partial charge on any atom is 0.224 e. The zero-order valence-electron chi connectivity index (χ0n) is 13.9. The molecule has 0 saturated carbocycles. The number of rotatable bonds is 5. The molecule has 0 bridgehead atoms. The Morgan fingerprint density at radius 1 is 1.00 bits per heavy atom. The third-order valence-corrected chi connectivity index (χ3v) is 4.16. The van der Waals surface area contributed by atoms with E-state index in [1.807, 2.05) is 24.3 Å². The predicted octanol–water partition coefficient (Wildman–Crippen LogP) is 4.42. The van der Waals surface area contributed by atoms with E-state index in [1.54, 1.807) is 0 Å². The Bertz CT molecular complexity index is 643. The Morgan fingerprint density at radius 2 is 1.68 bits per heavy atom. The molecule has 0 aliphatic carbocycles. The zero-order valence-corrected chi connectivity index (χ0v) is 13.9. The molecule has 0 aliphatic rings. The van der Waals surface area contributed by atoms with Crippen LogP contribution in [0.3, 0.4) is 0 Å². The first-order chi connectivity index (χ1) is 10.5. The molecule has 0 spiro atoms. The van der Waals surface area contributed by atoms with Gasteiger partial charge < -0.3 is 5.32 Å². The molecule has 22 heavy (non-hydrogen) atoms. The average molecular weight is 295 g/mol. The van der Waals surface area contributed by atoms with Gasteiger partial charge in [-0.15, -0.1) is 0 Å². The fourth-order valence-electron chi connectivity index (χ4n) is 2.54. The summed E-state index contributed by atoms with van der Waals surface area (Å²) >= 11 is 0. The topological polar surface area (TPSA) is 29.1 Å². The summed E-state index contributed by atoms with van der Waals surface area (Å²) in [6.45, 7) is 8.37. The molecule has 0 saturated heterocycles. The van der Waals surface area contributed by atoms with Gasteiger partial charge in [0.15, 0.2) is 0 Å². The maximum atomic E-state index is 12.3. The summed E-state index contributed by atoms with van der Waals surface area (Å²) in [4.78, 5) is 12.3. The lowest BCUT2D eigenvalue weighted by atomic mass is 9.99. The minimum Gasteiger partial charge on any atom is -0.349 e. The van der Waals surface area contributed by atoms with Crippen LogP contribution >= 0.6 is 0 Å². The lowest BCUT2D eigenvalue weighted by Gasteiger charge is -2.18. The molecule has 0 aliphatic heterocycles. The molecule has 1 amide bonds. The monoisotopic (exact) mass is 295 g/mol. The van der Waals surface area contributed by atoms with Crippen LogP contribution in [0, 0.1) is 20.8 Å². The Hall–Kier alpha value is -2.09. The summed E-state index contributed by atoms with van der Waals surface area (Å²) in [5, 5.41) is 3.15. The highest BCUT2D eigenvalue weighted by Gasteiger charge is 2.13. The molecule has 2 aromatic carbocycles. The Morgan fingerprint density at radius 3 is 2.27 bits per heavy atom. The highest BCUT2D eigenvalue weighted by atomic mass is 16.1. The van der Waals surface area contributed by atoms with Crippen LogP contribution in [0.25, 0.3) is 0 Å². The number of aryl methyl sites for hydroxylation is 3. The molecule has 0 aromatic heterocycles. The van der Waals surface area contributed by atoms with Gasteiger partial charge in [-0.2, -0.15) is 0 Å². The fraction of sp³-hybridized carbons (Fsp3) is 0.350. The van der Waals surface area contributed by atoms with Crippen molar-refractivity contribution < 1.29 is 4.79 Å². The second kappa shape index (κ2) is 7.26. The Kier molecular flexibility index (Phi) is 5.37. The second-order valence-electron chi connectivity index (χ2n) is 6.03. The van der Waals surface area contributed by atoms with Gasteiger partial charge in [0.1, 0.15) is 0 Å². The van der Waals surface area contributed by atoms with Crippen molar-refractivity contribution in [2.75, 3.05) is 0 Å². The maximum absolute atomic E-state index is 12.3. The van der Waals surface area contributed by atoms with Crippen LogP contribution < -0.4 is 5.32 Å². The third kappa shape index (κ3) is 4.20. The lowest BCUT2D eigenvalue weighted by Crippen LogP contribution is -2.29. The number of benzene rings is 2. The molecule has 2 nitrogen and oxygen atoms in total. The first-order valence-electron chi connectivity index (χ1n) is 7.91. The van der Waals surface area contributed by atoms with Crippen LogP contribution in [0.4, 0.5) is 0 Å². The number of hydrogen-bond acceptors (Lipinski definition) is 1. The second-order valence-corrected chi connectivity index (χ2v) is 6.03. The summed E-state index contributed by atoms with van der Waals surface area (Å²) in [6.07, 6.45) is 1.32. The summed E-state index contributed by atoms with van der Waals surface area (Å²) in [6, 6.07) is 14.6. The van der Waals surface area contributed by atoms with Gasteiger partial charge >= 0.3 is 0 Å². The number of carbonyl (C=O) groups is 1. The molecule has 116 valence electrons. The molecule has 0 fully saturated rings. The van der Waals surface area contributed by atoms with E-state index in [1.165, 1.54) is 22.3 Å². The van der Waals surface area contributed by atoms with E-state index in [0.29, 0.717) is 6.42 Å². The van der Waals surface area contributed by atoms with Crippen LogP contribution in [0.1, 0.15) is 47.2 Å². The van der Waals surface area contributed by atoms with Crippen molar-refractivity contribution in [3.63, 3.8) is 0 Å². The van der Waals surface area contributed by atoms with E-state index in [9.17, 15) is 4.79 Å². The van der Waals surface area contributed by atoms with E-state index in [0.717, 1.165) is 12.0 Å². The van der Waals surface area contributed by atoms with E-state index in [4.69, 9.17) is 0 Å². The minimum atomic E-state index is 0.0777. The SMILES string of the molecule is CC[C@@H](NC(=O)Cc1ccc(C)cc1)c1ccc(C)c(C)c1. The van der Waals surface area contributed by atoms with E-state index in [-0.39, 0.29) is 11.9 Å². The number of nitrogens with one attached hydrogen (secondary N) is 1. The third-order valence-electron chi connectivity index (χ3n) is 4.16. The van der Waals surface area contributed by atoms with Crippen molar-refractivity contribution in [3.05, 3.63) is 70.3 Å². The van der Waals surface area contributed by atoms with Gasteiger partial charge in [-0.1, -0.05) is 55.0 Å². The highest BCUT2D eigenvalue weighted by Crippen LogP contribution is 2.20. The van der Waals surface area contributed by atoms with Crippen molar-refractivity contribution in [2.45, 2.75) is 46.6 Å². The van der Waals surface area contributed by atoms with Crippen LogP contribution in [-0.2, 0) is 11.2 Å². The zero-order chi connectivity index (χ0) is 16.1. The van der Waals surface area contributed by atoms with Crippen molar-refractivity contribution >= 4 is 5.91 Å². The minimum absolute atomic E-state index is 0.0777. The van der Waals surface area contributed by atoms with E-state index < -0.39 is 0 Å². The quantitative estimate of drug-likeness (QED) is 0.869. The summed E-state index contributed by atoms with van der Waals surface area (Å²) in [7, 11) is 0. The largest absolute Gasteiger partial charge is 0.349 e. The van der Waals surface area contributed by atoms with Crippen molar-refractivity contribution in [1.82, 2.24) is 5.32 Å². The molecule has 1 atom stereocenters. The highest BCUT2D eigenvalue weighted by molar-refractivity contribution is 5.79. The molecule has 0 heterocycles. The molecule has 2 rings (SSSR count). The fourth-order valence-corrected chi connectivity index (χ4v) is 2.54. The Labute approximate surface area is 133 Å². The average Bonchev–Trinajstić information content (AvgIpc) is 2.50. The molecule has 0 unspecified atom stereocenters. The smallest absolute Gasteiger partial charge is 0.224 e. The summed E-state index contributed by atoms with van der Waals surface area (Å²) in [5.74, 6) is 0.0777. The van der Waals surface area contributed by atoms with Crippen molar-refractivity contribution in [2.24, 2.45) is 0 Å².